The standard InChI is InChI=1S/C16H20N4O/c1-13-17-9-12-19(13)10-4-8-18-16(21)20-11-7-14-5-2-3-6-15(14)20/h2-3,5-6,9,12H,4,7-8,10-11H2,1H3,(H,18,21). The summed E-state index contributed by atoms with van der Waals surface area (Å²) >= 11 is 0. The number of imidazole rings is 1. The molecule has 0 atom stereocenters. The van der Waals surface area contributed by atoms with E-state index < -0.39 is 0 Å². The second-order valence-electron chi connectivity index (χ2n) is 5.28. The predicted octanol–water partition coefficient (Wildman–Crippen LogP) is 2.35. The second kappa shape index (κ2) is 5.99. The van der Waals surface area contributed by atoms with Gasteiger partial charge in [-0.3, -0.25) is 4.90 Å². The molecule has 0 saturated carbocycles. The van der Waals surface area contributed by atoms with Gasteiger partial charge in [0.1, 0.15) is 5.82 Å². The molecular formula is C16H20N4O. The third-order valence-corrected chi connectivity index (χ3v) is 3.91. The van der Waals surface area contributed by atoms with Crippen LogP contribution in [0.4, 0.5) is 10.5 Å². The maximum Gasteiger partial charge on any atom is 0.321 e. The Bertz CT molecular complexity index is 635. The number of carbonyl (C=O) groups is 1. The number of urea groups is 1. The fraction of sp³-hybridized carbons (Fsp3) is 0.375. The second-order valence-corrected chi connectivity index (χ2v) is 5.28. The van der Waals surface area contributed by atoms with Crippen molar-refractivity contribution >= 4 is 11.7 Å². The number of aromatic nitrogens is 2. The third kappa shape index (κ3) is 2.91. The number of rotatable bonds is 4. The van der Waals surface area contributed by atoms with Gasteiger partial charge < -0.3 is 9.88 Å². The Hall–Kier alpha value is -2.30. The molecule has 0 bridgehead atoms. The molecule has 0 radical (unpaired) electrons. The van der Waals surface area contributed by atoms with Crippen molar-refractivity contribution in [2.75, 3.05) is 18.0 Å². The molecule has 1 aliphatic heterocycles. The first-order chi connectivity index (χ1) is 10.3. The maximum absolute atomic E-state index is 12.2. The molecule has 2 aromatic rings. The molecule has 0 spiro atoms. The van der Waals surface area contributed by atoms with Crippen molar-refractivity contribution in [2.45, 2.75) is 26.3 Å². The zero-order valence-corrected chi connectivity index (χ0v) is 12.2. The molecule has 5 heteroatoms. The van der Waals surface area contributed by atoms with Gasteiger partial charge in [-0.15, -0.1) is 0 Å². The van der Waals surface area contributed by atoms with Crippen LogP contribution >= 0.6 is 0 Å². The number of aryl methyl sites for hydroxylation is 2. The van der Waals surface area contributed by atoms with E-state index in [0.29, 0.717) is 6.54 Å². The van der Waals surface area contributed by atoms with E-state index in [1.807, 2.05) is 36.2 Å². The number of nitrogens with zero attached hydrogens (tertiary/aromatic N) is 3. The van der Waals surface area contributed by atoms with Crippen LogP contribution in [-0.4, -0.2) is 28.7 Å². The van der Waals surface area contributed by atoms with Crippen LogP contribution in [0.5, 0.6) is 0 Å². The van der Waals surface area contributed by atoms with E-state index in [2.05, 4.69) is 20.9 Å². The van der Waals surface area contributed by atoms with E-state index in [9.17, 15) is 4.79 Å². The van der Waals surface area contributed by atoms with Crippen LogP contribution in [0.2, 0.25) is 0 Å². The number of nitrogens with one attached hydrogen (secondary N) is 1. The zero-order chi connectivity index (χ0) is 14.7. The number of fused-ring (bicyclic) bond motifs is 1. The van der Waals surface area contributed by atoms with Gasteiger partial charge in [0.2, 0.25) is 0 Å². The molecule has 1 aromatic carbocycles. The largest absolute Gasteiger partial charge is 0.338 e. The molecule has 1 N–H and O–H groups in total. The van der Waals surface area contributed by atoms with Crippen LogP contribution in [0.25, 0.3) is 0 Å². The minimum Gasteiger partial charge on any atom is -0.338 e. The first-order valence-corrected chi connectivity index (χ1v) is 7.37. The Morgan fingerprint density at radius 3 is 3.05 bits per heavy atom. The highest BCUT2D eigenvalue weighted by Crippen LogP contribution is 2.27. The van der Waals surface area contributed by atoms with Gasteiger partial charge in [0.25, 0.3) is 0 Å². The number of hydrogen-bond donors (Lipinski definition) is 1. The topological polar surface area (TPSA) is 50.2 Å². The summed E-state index contributed by atoms with van der Waals surface area (Å²) in [7, 11) is 0. The summed E-state index contributed by atoms with van der Waals surface area (Å²) in [5.41, 5.74) is 2.29. The smallest absolute Gasteiger partial charge is 0.321 e. The highest BCUT2D eigenvalue weighted by molar-refractivity contribution is 5.94. The SMILES string of the molecule is Cc1nccn1CCCNC(=O)N1CCc2ccccc21. The van der Waals surface area contributed by atoms with E-state index in [-0.39, 0.29) is 6.03 Å². The molecule has 1 aromatic heterocycles. The van der Waals surface area contributed by atoms with Crippen molar-refractivity contribution in [2.24, 2.45) is 0 Å². The van der Waals surface area contributed by atoms with Crippen LogP contribution in [0.15, 0.2) is 36.7 Å². The third-order valence-electron chi connectivity index (χ3n) is 3.91. The molecule has 1 aliphatic rings. The van der Waals surface area contributed by atoms with E-state index >= 15 is 0 Å². The Morgan fingerprint density at radius 2 is 2.24 bits per heavy atom. The number of amides is 2. The van der Waals surface area contributed by atoms with Gasteiger partial charge in [-0.1, -0.05) is 18.2 Å². The monoisotopic (exact) mass is 284 g/mol. The quantitative estimate of drug-likeness (QED) is 0.876. The average molecular weight is 284 g/mol. The lowest BCUT2D eigenvalue weighted by Crippen LogP contribution is -2.39. The molecule has 0 unspecified atom stereocenters. The van der Waals surface area contributed by atoms with Crippen molar-refractivity contribution < 1.29 is 4.79 Å². The fourth-order valence-corrected chi connectivity index (χ4v) is 2.73. The molecule has 0 fully saturated rings. The predicted molar refractivity (Wildman–Crippen MR) is 82.5 cm³/mol. The molecule has 2 amide bonds. The van der Waals surface area contributed by atoms with Gasteiger partial charge >= 0.3 is 6.03 Å². The minimum atomic E-state index is 0.00213. The Balaban J connectivity index is 1.48. The van der Waals surface area contributed by atoms with Gasteiger partial charge in [0.05, 0.1) is 0 Å². The highest BCUT2D eigenvalue weighted by atomic mass is 16.2. The van der Waals surface area contributed by atoms with E-state index in [4.69, 9.17) is 0 Å². The number of para-hydroxylation sites is 1. The molecule has 0 aliphatic carbocycles. The van der Waals surface area contributed by atoms with Crippen molar-refractivity contribution in [3.8, 4) is 0 Å². The first-order valence-electron chi connectivity index (χ1n) is 7.37. The normalized spacial score (nSPS) is 13.3. The minimum absolute atomic E-state index is 0.00213. The van der Waals surface area contributed by atoms with E-state index in [1.165, 1.54) is 5.56 Å². The molecule has 2 heterocycles. The number of carbonyl (C=O) groups excluding carboxylic acids is 1. The van der Waals surface area contributed by atoms with Gasteiger partial charge in [0.15, 0.2) is 0 Å². The fourth-order valence-electron chi connectivity index (χ4n) is 2.73. The molecule has 110 valence electrons. The summed E-state index contributed by atoms with van der Waals surface area (Å²) in [6, 6.07) is 8.10. The van der Waals surface area contributed by atoms with Gasteiger partial charge in [-0.2, -0.15) is 0 Å². The van der Waals surface area contributed by atoms with Crippen LogP contribution in [0, 0.1) is 6.92 Å². The summed E-state index contributed by atoms with van der Waals surface area (Å²) < 4.78 is 2.09. The van der Waals surface area contributed by atoms with Crippen LogP contribution in [0.3, 0.4) is 0 Å². The summed E-state index contributed by atoms with van der Waals surface area (Å²) in [5, 5.41) is 3.00. The summed E-state index contributed by atoms with van der Waals surface area (Å²) in [6.45, 7) is 4.31. The zero-order valence-electron chi connectivity index (χ0n) is 12.2. The number of anilines is 1. The molecule has 5 nitrogen and oxygen atoms in total. The molecular weight excluding hydrogens is 264 g/mol. The Kier molecular flexibility index (Phi) is 3.90. The number of hydrogen-bond acceptors (Lipinski definition) is 2. The van der Waals surface area contributed by atoms with Crippen molar-refractivity contribution in [1.29, 1.82) is 0 Å². The van der Waals surface area contributed by atoms with Crippen molar-refractivity contribution in [3.63, 3.8) is 0 Å². The average Bonchev–Trinajstić information content (AvgIpc) is 3.10. The van der Waals surface area contributed by atoms with E-state index in [0.717, 1.165) is 37.4 Å². The van der Waals surface area contributed by atoms with Gasteiger partial charge in [-0.05, 0) is 31.4 Å². The first kappa shape index (κ1) is 13.7. The Labute approximate surface area is 124 Å². The molecule has 21 heavy (non-hydrogen) atoms. The molecule has 0 saturated heterocycles. The van der Waals surface area contributed by atoms with Crippen molar-refractivity contribution in [1.82, 2.24) is 14.9 Å². The lowest BCUT2D eigenvalue weighted by atomic mass is 10.2. The Morgan fingerprint density at radius 1 is 1.38 bits per heavy atom. The molecule has 3 rings (SSSR count). The lowest BCUT2D eigenvalue weighted by molar-refractivity contribution is 0.246. The number of benzene rings is 1. The lowest BCUT2D eigenvalue weighted by Gasteiger charge is -2.18. The summed E-state index contributed by atoms with van der Waals surface area (Å²) in [5.74, 6) is 1.01. The van der Waals surface area contributed by atoms with Gasteiger partial charge in [-0.25, -0.2) is 9.78 Å². The highest BCUT2D eigenvalue weighted by Gasteiger charge is 2.23. The van der Waals surface area contributed by atoms with Gasteiger partial charge in [0, 0.05) is 37.7 Å². The van der Waals surface area contributed by atoms with Crippen LogP contribution in [-0.2, 0) is 13.0 Å². The maximum atomic E-state index is 12.2. The summed E-state index contributed by atoms with van der Waals surface area (Å²) in [4.78, 5) is 18.2. The van der Waals surface area contributed by atoms with Crippen LogP contribution < -0.4 is 10.2 Å². The van der Waals surface area contributed by atoms with Crippen molar-refractivity contribution in [3.05, 3.63) is 48.0 Å². The van der Waals surface area contributed by atoms with E-state index in [1.54, 1.807) is 6.20 Å². The van der Waals surface area contributed by atoms with Crippen LogP contribution in [0.1, 0.15) is 17.8 Å². The summed E-state index contributed by atoms with van der Waals surface area (Å²) in [6.07, 6.45) is 5.61.